The molecule has 8 heteroatoms. The maximum absolute atomic E-state index is 12.2. The smallest absolute Gasteiger partial charge is 0.406 e. The van der Waals surface area contributed by atoms with Crippen LogP contribution in [0.5, 0.6) is 5.75 Å². The largest absolute Gasteiger partial charge is 0.573 e. The Morgan fingerprint density at radius 1 is 1.27 bits per heavy atom. The number of fused-ring (bicyclic) bond motifs is 1. The van der Waals surface area contributed by atoms with E-state index < -0.39 is 6.36 Å². The third-order valence-corrected chi connectivity index (χ3v) is 3.02. The number of hydrogen-bond donors (Lipinski definition) is 1. The van der Waals surface area contributed by atoms with Crippen molar-refractivity contribution in [1.82, 2.24) is 14.5 Å². The lowest BCUT2D eigenvalue weighted by Crippen LogP contribution is -2.21. The molecule has 0 saturated carbocycles. The van der Waals surface area contributed by atoms with Gasteiger partial charge in [-0.25, -0.2) is 4.98 Å². The first kappa shape index (κ1) is 14.2. The summed E-state index contributed by atoms with van der Waals surface area (Å²) < 4.78 is 41.8. The quantitative estimate of drug-likeness (QED) is 0.809. The van der Waals surface area contributed by atoms with E-state index >= 15 is 0 Å². The molecule has 114 valence electrons. The molecule has 2 aromatic heterocycles. The van der Waals surface area contributed by atoms with E-state index in [1.165, 1.54) is 29.1 Å². The second-order valence-corrected chi connectivity index (χ2v) is 4.61. The Bertz CT molecular complexity index is 867. The van der Waals surface area contributed by atoms with Crippen LogP contribution in [0, 0.1) is 0 Å². The summed E-state index contributed by atoms with van der Waals surface area (Å²) in [6.45, 7) is 0.0931. The van der Waals surface area contributed by atoms with Crippen LogP contribution >= 0.6 is 0 Å². The minimum Gasteiger partial charge on any atom is -0.406 e. The van der Waals surface area contributed by atoms with Crippen LogP contribution in [-0.2, 0) is 6.54 Å². The molecule has 0 aliphatic carbocycles. The second-order valence-electron chi connectivity index (χ2n) is 4.61. The molecule has 1 N–H and O–H groups in total. The number of nitrogens with one attached hydrogen (secondary N) is 1. The van der Waals surface area contributed by atoms with Crippen molar-refractivity contribution in [3.8, 4) is 5.75 Å². The molecule has 0 spiro atoms. The van der Waals surface area contributed by atoms with Gasteiger partial charge in [0.25, 0.3) is 5.56 Å². The molecular formula is C14H10F3N3O2. The topological polar surface area (TPSA) is 59.9 Å². The fraction of sp³-hybridized carbons (Fsp3) is 0.143. The Labute approximate surface area is 122 Å². The van der Waals surface area contributed by atoms with Crippen LogP contribution in [0.25, 0.3) is 11.0 Å². The van der Waals surface area contributed by atoms with E-state index in [1.807, 2.05) is 0 Å². The highest BCUT2D eigenvalue weighted by atomic mass is 19.4. The SMILES string of the molecule is O=c1c2[nH]ccc2ncn1Cc1cccc(OC(F)(F)F)c1. The zero-order valence-corrected chi connectivity index (χ0v) is 11.1. The van der Waals surface area contributed by atoms with Gasteiger partial charge in [0.05, 0.1) is 18.4 Å². The van der Waals surface area contributed by atoms with Gasteiger partial charge >= 0.3 is 6.36 Å². The molecule has 22 heavy (non-hydrogen) atoms. The van der Waals surface area contributed by atoms with Crippen molar-refractivity contribution in [3.05, 3.63) is 58.8 Å². The third-order valence-electron chi connectivity index (χ3n) is 3.02. The maximum Gasteiger partial charge on any atom is 0.573 e. The second kappa shape index (κ2) is 5.21. The summed E-state index contributed by atoms with van der Waals surface area (Å²) in [5.41, 5.74) is 1.09. The molecule has 0 fully saturated rings. The van der Waals surface area contributed by atoms with Crippen molar-refractivity contribution >= 4 is 11.0 Å². The number of aromatic amines is 1. The number of aromatic nitrogens is 3. The van der Waals surface area contributed by atoms with E-state index in [1.54, 1.807) is 18.3 Å². The first-order valence-electron chi connectivity index (χ1n) is 6.29. The van der Waals surface area contributed by atoms with Gasteiger partial charge in [-0.2, -0.15) is 0 Å². The average Bonchev–Trinajstić information content (AvgIpc) is 2.90. The molecule has 3 rings (SSSR count). The molecule has 0 bridgehead atoms. The van der Waals surface area contributed by atoms with Crippen LogP contribution in [0.3, 0.4) is 0 Å². The summed E-state index contributed by atoms with van der Waals surface area (Å²) in [7, 11) is 0. The van der Waals surface area contributed by atoms with E-state index in [-0.39, 0.29) is 17.9 Å². The van der Waals surface area contributed by atoms with Crippen molar-refractivity contribution in [2.75, 3.05) is 0 Å². The summed E-state index contributed by atoms with van der Waals surface area (Å²) in [6, 6.07) is 7.14. The third kappa shape index (κ3) is 2.95. The molecule has 0 aliphatic heterocycles. The Balaban J connectivity index is 1.90. The van der Waals surface area contributed by atoms with Crippen molar-refractivity contribution < 1.29 is 17.9 Å². The summed E-state index contributed by atoms with van der Waals surface area (Å²) >= 11 is 0. The maximum atomic E-state index is 12.2. The summed E-state index contributed by atoms with van der Waals surface area (Å²) in [6.07, 6.45) is -1.79. The molecular weight excluding hydrogens is 299 g/mol. The number of H-pyrrole nitrogens is 1. The predicted octanol–water partition coefficient (Wildman–Crippen LogP) is 2.67. The minimum absolute atomic E-state index is 0.0931. The van der Waals surface area contributed by atoms with Crippen LogP contribution < -0.4 is 10.3 Å². The van der Waals surface area contributed by atoms with Crippen LogP contribution in [0.2, 0.25) is 0 Å². The van der Waals surface area contributed by atoms with Crippen molar-refractivity contribution in [1.29, 1.82) is 0 Å². The first-order valence-corrected chi connectivity index (χ1v) is 6.29. The number of hydrogen-bond acceptors (Lipinski definition) is 3. The number of benzene rings is 1. The van der Waals surface area contributed by atoms with Crippen LogP contribution in [-0.4, -0.2) is 20.9 Å². The Morgan fingerprint density at radius 3 is 2.86 bits per heavy atom. The molecule has 5 nitrogen and oxygen atoms in total. The first-order chi connectivity index (χ1) is 10.4. The van der Waals surface area contributed by atoms with Gasteiger partial charge in [-0.05, 0) is 23.8 Å². The summed E-state index contributed by atoms with van der Waals surface area (Å²) in [4.78, 5) is 19.1. The normalized spacial score (nSPS) is 11.8. The van der Waals surface area contributed by atoms with Gasteiger partial charge in [-0.3, -0.25) is 9.36 Å². The monoisotopic (exact) mass is 309 g/mol. The average molecular weight is 309 g/mol. The number of ether oxygens (including phenoxy) is 1. The number of nitrogens with zero attached hydrogens (tertiary/aromatic N) is 2. The van der Waals surface area contributed by atoms with Crippen molar-refractivity contribution in [2.45, 2.75) is 12.9 Å². The van der Waals surface area contributed by atoms with Gasteiger partial charge in [0.1, 0.15) is 11.3 Å². The van der Waals surface area contributed by atoms with E-state index in [2.05, 4.69) is 14.7 Å². The molecule has 0 unspecified atom stereocenters. The van der Waals surface area contributed by atoms with Crippen molar-refractivity contribution in [2.24, 2.45) is 0 Å². The highest BCUT2D eigenvalue weighted by Crippen LogP contribution is 2.23. The van der Waals surface area contributed by atoms with E-state index in [0.717, 1.165) is 0 Å². The number of halogens is 3. The van der Waals surface area contributed by atoms with E-state index in [0.29, 0.717) is 16.6 Å². The lowest BCUT2D eigenvalue weighted by Gasteiger charge is -2.10. The van der Waals surface area contributed by atoms with Crippen LogP contribution in [0.15, 0.2) is 47.7 Å². The minimum atomic E-state index is -4.75. The van der Waals surface area contributed by atoms with Crippen LogP contribution in [0.1, 0.15) is 5.56 Å². The van der Waals surface area contributed by atoms with Crippen molar-refractivity contribution in [3.63, 3.8) is 0 Å². The molecule has 0 aliphatic rings. The van der Waals surface area contributed by atoms with Gasteiger partial charge in [0.2, 0.25) is 0 Å². The molecule has 1 aromatic carbocycles. The highest BCUT2D eigenvalue weighted by molar-refractivity contribution is 5.73. The zero-order chi connectivity index (χ0) is 15.7. The predicted molar refractivity (Wildman–Crippen MR) is 72.6 cm³/mol. The summed E-state index contributed by atoms with van der Waals surface area (Å²) in [5, 5.41) is 0. The van der Waals surface area contributed by atoms with E-state index in [9.17, 15) is 18.0 Å². The fourth-order valence-electron chi connectivity index (χ4n) is 2.12. The highest BCUT2D eigenvalue weighted by Gasteiger charge is 2.31. The molecule has 0 saturated heterocycles. The molecule has 0 radical (unpaired) electrons. The zero-order valence-electron chi connectivity index (χ0n) is 11.1. The van der Waals surface area contributed by atoms with Crippen LogP contribution in [0.4, 0.5) is 13.2 Å². The standard InChI is InChI=1S/C14H10F3N3O2/c15-14(16,17)22-10-3-1-2-9(6-10)7-20-8-19-11-4-5-18-12(11)13(20)21/h1-6,8,18H,7H2. The molecule has 2 heterocycles. The Hall–Kier alpha value is -2.77. The molecule has 3 aromatic rings. The van der Waals surface area contributed by atoms with E-state index in [4.69, 9.17) is 0 Å². The lowest BCUT2D eigenvalue weighted by molar-refractivity contribution is -0.274. The Kier molecular flexibility index (Phi) is 3.36. The number of rotatable bonds is 3. The summed E-state index contributed by atoms with van der Waals surface area (Å²) in [5.74, 6) is -0.327. The van der Waals surface area contributed by atoms with Gasteiger partial charge in [-0.1, -0.05) is 12.1 Å². The fourth-order valence-corrected chi connectivity index (χ4v) is 2.12. The molecule has 0 atom stereocenters. The van der Waals surface area contributed by atoms with Gasteiger partial charge in [-0.15, -0.1) is 13.2 Å². The van der Waals surface area contributed by atoms with Gasteiger partial charge in [0, 0.05) is 6.20 Å². The lowest BCUT2D eigenvalue weighted by atomic mass is 10.2. The van der Waals surface area contributed by atoms with Gasteiger partial charge in [0.15, 0.2) is 0 Å². The molecule has 0 amide bonds. The van der Waals surface area contributed by atoms with Gasteiger partial charge < -0.3 is 9.72 Å². The number of alkyl halides is 3. The Morgan fingerprint density at radius 2 is 2.09 bits per heavy atom.